The van der Waals surface area contributed by atoms with Crippen LogP contribution in [0.2, 0.25) is 0 Å². The fourth-order valence-electron chi connectivity index (χ4n) is 2.17. The molecule has 1 aliphatic heterocycles. The normalized spacial score (nSPS) is 11.8. The van der Waals surface area contributed by atoms with E-state index in [1.807, 2.05) is 41.8 Å². The van der Waals surface area contributed by atoms with Crippen LogP contribution in [-0.4, -0.2) is 11.8 Å². The van der Waals surface area contributed by atoms with Crippen LogP contribution in [0.3, 0.4) is 0 Å². The summed E-state index contributed by atoms with van der Waals surface area (Å²) in [6, 6.07) is 15.9. The lowest BCUT2D eigenvalue weighted by Crippen LogP contribution is -1.93. The van der Waals surface area contributed by atoms with Crippen LogP contribution < -0.4 is 14.8 Å². The Morgan fingerprint density at radius 1 is 1.00 bits per heavy atom. The third-order valence-electron chi connectivity index (χ3n) is 3.20. The van der Waals surface area contributed by atoms with E-state index in [9.17, 15) is 0 Å². The van der Waals surface area contributed by atoms with Crippen LogP contribution in [0.5, 0.6) is 11.5 Å². The number of nitrogens with zero attached hydrogens (tertiary/aromatic N) is 1. The lowest BCUT2D eigenvalue weighted by molar-refractivity contribution is 0.174. The molecule has 2 aromatic carbocycles. The summed E-state index contributed by atoms with van der Waals surface area (Å²) in [6.45, 7) is 0.286. The largest absolute Gasteiger partial charge is 0.454 e. The third-order valence-corrected chi connectivity index (χ3v) is 3.96. The van der Waals surface area contributed by atoms with Crippen LogP contribution >= 0.6 is 28.3 Å². The zero-order chi connectivity index (χ0) is 14.1. The second kappa shape index (κ2) is 6.37. The second-order valence-electron chi connectivity index (χ2n) is 4.60. The van der Waals surface area contributed by atoms with Crippen LogP contribution in [-0.2, 0) is 0 Å². The molecule has 0 atom stereocenters. The number of aromatic nitrogens is 1. The number of benzene rings is 2. The minimum absolute atomic E-state index is 0. The van der Waals surface area contributed by atoms with Gasteiger partial charge in [0.15, 0.2) is 16.6 Å². The Bertz CT molecular complexity index is 777. The third kappa shape index (κ3) is 2.93. The lowest BCUT2D eigenvalue weighted by atomic mass is 10.2. The SMILES string of the molecule is Br.c1ccc(-c2csc(Nc3ccc4c(c3)OCO4)n2)cc1. The van der Waals surface area contributed by atoms with Gasteiger partial charge in [0, 0.05) is 22.7 Å². The van der Waals surface area contributed by atoms with Gasteiger partial charge in [-0.15, -0.1) is 28.3 Å². The maximum atomic E-state index is 5.37. The monoisotopic (exact) mass is 376 g/mol. The minimum atomic E-state index is 0. The molecule has 0 aliphatic carbocycles. The fourth-order valence-corrected chi connectivity index (χ4v) is 2.91. The van der Waals surface area contributed by atoms with Crippen molar-refractivity contribution in [1.29, 1.82) is 0 Å². The molecule has 22 heavy (non-hydrogen) atoms. The molecule has 2 heterocycles. The maximum absolute atomic E-state index is 5.37. The van der Waals surface area contributed by atoms with Crippen molar-refractivity contribution < 1.29 is 9.47 Å². The van der Waals surface area contributed by atoms with Crippen molar-refractivity contribution in [2.24, 2.45) is 0 Å². The number of rotatable bonds is 3. The minimum Gasteiger partial charge on any atom is -0.454 e. The van der Waals surface area contributed by atoms with E-state index >= 15 is 0 Å². The van der Waals surface area contributed by atoms with Crippen molar-refractivity contribution in [3.05, 3.63) is 53.9 Å². The summed E-state index contributed by atoms with van der Waals surface area (Å²) >= 11 is 1.58. The topological polar surface area (TPSA) is 43.4 Å². The summed E-state index contributed by atoms with van der Waals surface area (Å²) in [7, 11) is 0. The molecule has 0 amide bonds. The predicted molar refractivity (Wildman–Crippen MR) is 93.7 cm³/mol. The van der Waals surface area contributed by atoms with Gasteiger partial charge >= 0.3 is 0 Å². The molecule has 4 nitrogen and oxygen atoms in total. The Morgan fingerprint density at radius 2 is 1.82 bits per heavy atom. The highest BCUT2D eigenvalue weighted by atomic mass is 79.9. The van der Waals surface area contributed by atoms with E-state index in [-0.39, 0.29) is 23.8 Å². The summed E-state index contributed by atoms with van der Waals surface area (Å²) in [4.78, 5) is 4.60. The summed E-state index contributed by atoms with van der Waals surface area (Å²) in [5, 5.41) is 6.20. The molecule has 0 bridgehead atoms. The summed E-state index contributed by atoms with van der Waals surface area (Å²) in [5.74, 6) is 1.55. The Kier molecular flexibility index (Phi) is 4.31. The Labute approximate surface area is 142 Å². The standard InChI is InChI=1S/C16H12N2O2S.BrH/c1-2-4-11(5-3-1)13-9-21-16(18-13)17-12-6-7-14-15(8-12)20-10-19-14;/h1-9H,10H2,(H,17,18);1H. The number of ether oxygens (including phenoxy) is 2. The molecule has 0 unspecified atom stereocenters. The van der Waals surface area contributed by atoms with Crippen molar-refractivity contribution in [2.45, 2.75) is 0 Å². The first-order chi connectivity index (χ1) is 10.4. The average Bonchev–Trinajstić information content (AvgIpc) is 3.17. The maximum Gasteiger partial charge on any atom is 0.231 e. The number of hydrogen-bond acceptors (Lipinski definition) is 5. The molecule has 0 spiro atoms. The first kappa shape index (κ1) is 14.9. The molecule has 0 saturated heterocycles. The highest BCUT2D eigenvalue weighted by molar-refractivity contribution is 8.93. The molecular formula is C16H13BrN2O2S. The molecule has 4 rings (SSSR count). The van der Waals surface area contributed by atoms with Crippen LogP contribution in [0.25, 0.3) is 11.3 Å². The Morgan fingerprint density at radius 3 is 2.68 bits per heavy atom. The van der Waals surface area contributed by atoms with Gasteiger partial charge in [0.2, 0.25) is 6.79 Å². The van der Waals surface area contributed by atoms with Crippen LogP contribution in [0.4, 0.5) is 10.8 Å². The Balaban J connectivity index is 0.00000144. The molecule has 6 heteroatoms. The van der Waals surface area contributed by atoms with E-state index in [1.165, 1.54) is 0 Å². The van der Waals surface area contributed by atoms with E-state index in [1.54, 1.807) is 11.3 Å². The molecule has 1 N–H and O–H groups in total. The van der Waals surface area contributed by atoms with Gasteiger partial charge in [0.25, 0.3) is 0 Å². The van der Waals surface area contributed by atoms with Crippen molar-refractivity contribution in [3.63, 3.8) is 0 Å². The molecular weight excluding hydrogens is 364 g/mol. The van der Waals surface area contributed by atoms with Gasteiger partial charge in [-0.2, -0.15) is 0 Å². The number of anilines is 2. The summed E-state index contributed by atoms with van der Waals surface area (Å²) in [5.41, 5.74) is 3.03. The Hall–Kier alpha value is -2.05. The zero-order valence-electron chi connectivity index (χ0n) is 11.5. The molecule has 1 aromatic heterocycles. The van der Waals surface area contributed by atoms with E-state index < -0.39 is 0 Å². The van der Waals surface area contributed by atoms with Crippen LogP contribution in [0.15, 0.2) is 53.9 Å². The number of halogens is 1. The molecule has 1 aliphatic rings. The van der Waals surface area contributed by atoms with Crippen LogP contribution in [0, 0.1) is 0 Å². The molecule has 0 fully saturated rings. The highest BCUT2D eigenvalue weighted by Crippen LogP contribution is 2.35. The van der Waals surface area contributed by atoms with Gasteiger partial charge in [-0.25, -0.2) is 4.98 Å². The van der Waals surface area contributed by atoms with Crippen molar-refractivity contribution >= 4 is 39.1 Å². The highest BCUT2D eigenvalue weighted by Gasteiger charge is 2.13. The summed E-state index contributed by atoms with van der Waals surface area (Å²) < 4.78 is 10.7. The van der Waals surface area contributed by atoms with E-state index in [0.29, 0.717) is 0 Å². The first-order valence-electron chi connectivity index (χ1n) is 6.56. The van der Waals surface area contributed by atoms with Gasteiger partial charge in [-0.1, -0.05) is 30.3 Å². The van der Waals surface area contributed by atoms with Crippen molar-refractivity contribution in [1.82, 2.24) is 4.98 Å². The van der Waals surface area contributed by atoms with Crippen molar-refractivity contribution in [3.8, 4) is 22.8 Å². The molecule has 3 aromatic rings. The summed E-state index contributed by atoms with van der Waals surface area (Å²) in [6.07, 6.45) is 0. The van der Waals surface area contributed by atoms with E-state index in [2.05, 4.69) is 22.4 Å². The van der Waals surface area contributed by atoms with E-state index in [0.717, 1.165) is 33.6 Å². The average molecular weight is 377 g/mol. The molecule has 0 saturated carbocycles. The quantitative estimate of drug-likeness (QED) is 0.708. The van der Waals surface area contributed by atoms with Gasteiger partial charge in [-0.3, -0.25) is 0 Å². The van der Waals surface area contributed by atoms with E-state index in [4.69, 9.17) is 9.47 Å². The number of thiazole rings is 1. The fraction of sp³-hybridized carbons (Fsp3) is 0.0625. The van der Waals surface area contributed by atoms with Gasteiger partial charge in [-0.05, 0) is 12.1 Å². The molecule has 112 valence electrons. The zero-order valence-corrected chi connectivity index (χ0v) is 14.0. The van der Waals surface area contributed by atoms with Gasteiger partial charge in [0.1, 0.15) is 0 Å². The van der Waals surface area contributed by atoms with Crippen molar-refractivity contribution in [2.75, 3.05) is 12.1 Å². The van der Waals surface area contributed by atoms with Gasteiger partial charge in [0.05, 0.1) is 5.69 Å². The smallest absolute Gasteiger partial charge is 0.231 e. The van der Waals surface area contributed by atoms with Crippen LogP contribution in [0.1, 0.15) is 0 Å². The second-order valence-corrected chi connectivity index (χ2v) is 5.46. The predicted octanol–water partition coefficient (Wildman–Crippen LogP) is 4.86. The first-order valence-corrected chi connectivity index (χ1v) is 7.44. The lowest BCUT2D eigenvalue weighted by Gasteiger charge is -2.03. The number of fused-ring (bicyclic) bond motifs is 1. The number of hydrogen-bond donors (Lipinski definition) is 1. The van der Waals surface area contributed by atoms with Gasteiger partial charge < -0.3 is 14.8 Å². The molecule has 0 radical (unpaired) electrons. The number of nitrogens with one attached hydrogen (secondary N) is 1.